The van der Waals surface area contributed by atoms with Gasteiger partial charge in [0.05, 0.1) is 15.9 Å². The van der Waals surface area contributed by atoms with Crippen molar-refractivity contribution in [1.29, 1.82) is 0 Å². The molecule has 0 radical (unpaired) electrons. The largest absolute Gasteiger partial charge is 0.462 e. The summed E-state index contributed by atoms with van der Waals surface area (Å²) in [5.41, 5.74) is -1.58. The van der Waals surface area contributed by atoms with Crippen molar-refractivity contribution < 1.29 is 24.2 Å². The molecule has 4 bridgehead atoms. The molecule has 0 aromatic carbocycles. The maximum atomic E-state index is 12.8. The summed E-state index contributed by atoms with van der Waals surface area (Å²) in [7, 11) is 0. The molecule has 0 heterocycles. The number of halogens is 1. The van der Waals surface area contributed by atoms with Crippen LogP contribution < -0.4 is 0 Å². The van der Waals surface area contributed by atoms with Crippen LogP contribution in [0, 0.1) is 17.3 Å². The van der Waals surface area contributed by atoms with Crippen LogP contribution in [-0.2, 0) is 19.1 Å². The number of carbonyl (C=O) groups is 2. The Labute approximate surface area is 141 Å². The van der Waals surface area contributed by atoms with Gasteiger partial charge in [0.25, 0.3) is 0 Å². The highest BCUT2D eigenvalue weighted by atomic mass is 35.5. The summed E-state index contributed by atoms with van der Waals surface area (Å²) in [6.45, 7) is 5.30. The Balaban J connectivity index is 1.69. The first-order chi connectivity index (χ1) is 10.7. The number of ether oxygens (including phenoxy) is 2. The lowest BCUT2D eigenvalue weighted by molar-refractivity contribution is -0.208. The van der Waals surface area contributed by atoms with E-state index >= 15 is 0 Å². The number of esters is 2. The zero-order valence-corrected chi connectivity index (χ0v) is 14.1. The summed E-state index contributed by atoms with van der Waals surface area (Å²) in [6, 6.07) is 0. The Morgan fingerprint density at radius 2 is 1.96 bits per heavy atom. The van der Waals surface area contributed by atoms with Gasteiger partial charge in [0, 0.05) is 6.08 Å². The monoisotopic (exact) mass is 342 g/mol. The van der Waals surface area contributed by atoms with E-state index in [1.807, 2.05) is 6.92 Å². The molecule has 1 N–H and O–H groups in total. The Morgan fingerprint density at radius 3 is 2.61 bits per heavy atom. The van der Waals surface area contributed by atoms with Gasteiger partial charge in [-0.15, -0.1) is 11.6 Å². The fourth-order valence-electron chi connectivity index (χ4n) is 5.20. The smallest absolute Gasteiger partial charge is 0.330 e. The van der Waals surface area contributed by atoms with Crippen LogP contribution in [-0.4, -0.2) is 40.7 Å². The van der Waals surface area contributed by atoms with Crippen molar-refractivity contribution in [3.8, 4) is 0 Å². The zero-order chi connectivity index (χ0) is 16.9. The van der Waals surface area contributed by atoms with E-state index in [0.29, 0.717) is 12.8 Å². The normalized spacial score (nSPS) is 44.0. The highest BCUT2D eigenvalue weighted by Crippen LogP contribution is 2.68. The Bertz CT molecular complexity index is 549. The highest BCUT2D eigenvalue weighted by Gasteiger charge is 2.69. The van der Waals surface area contributed by atoms with Gasteiger partial charge in [0.1, 0.15) is 13.2 Å². The second kappa shape index (κ2) is 5.49. The van der Waals surface area contributed by atoms with Gasteiger partial charge >= 0.3 is 11.9 Å². The Hall–Kier alpha value is -1.07. The SMILES string of the molecule is C=CC(=O)OCCOC(=O)C12CC3CC(O)(CC(Cl)(C3)C1C)C2. The molecule has 5 nitrogen and oxygen atoms in total. The zero-order valence-electron chi connectivity index (χ0n) is 13.3. The predicted molar refractivity (Wildman–Crippen MR) is 83.8 cm³/mol. The van der Waals surface area contributed by atoms with Gasteiger partial charge in [-0.3, -0.25) is 4.79 Å². The minimum Gasteiger partial charge on any atom is -0.462 e. The van der Waals surface area contributed by atoms with Crippen molar-refractivity contribution in [2.24, 2.45) is 17.3 Å². The number of aliphatic hydroxyl groups is 1. The molecule has 4 rings (SSSR count). The lowest BCUT2D eigenvalue weighted by atomic mass is 9.43. The van der Waals surface area contributed by atoms with E-state index in [9.17, 15) is 14.7 Å². The van der Waals surface area contributed by atoms with Crippen molar-refractivity contribution in [1.82, 2.24) is 0 Å². The van der Waals surface area contributed by atoms with Gasteiger partial charge < -0.3 is 14.6 Å². The third-order valence-corrected chi connectivity index (χ3v) is 6.57. The molecule has 4 fully saturated rings. The number of alkyl halides is 1. The van der Waals surface area contributed by atoms with E-state index in [2.05, 4.69) is 6.58 Å². The molecule has 4 saturated carbocycles. The van der Waals surface area contributed by atoms with Gasteiger partial charge in [0.2, 0.25) is 0 Å². The minimum absolute atomic E-state index is 0.000762. The van der Waals surface area contributed by atoms with Crippen LogP contribution in [0.15, 0.2) is 12.7 Å². The number of rotatable bonds is 5. The van der Waals surface area contributed by atoms with Gasteiger partial charge in [-0.25, -0.2) is 4.79 Å². The molecule has 4 aliphatic carbocycles. The molecular formula is C17H23ClO5. The maximum Gasteiger partial charge on any atom is 0.330 e. The fraction of sp³-hybridized carbons (Fsp3) is 0.765. The van der Waals surface area contributed by atoms with E-state index in [-0.39, 0.29) is 31.0 Å². The molecule has 0 aromatic heterocycles. The van der Waals surface area contributed by atoms with Crippen molar-refractivity contribution in [2.75, 3.05) is 13.2 Å². The van der Waals surface area contributed by atoms with Crippen LogP contribution in [0.1, 0.15) is 39.0 Å². The van der Waals surface area contributed by atoms with E-state index < -0.39 is 21.9 Å². The Morgan fingerprint density at radius 1 is 1.26 bits per heavy atom. The number of hydrogen-bond donors (Lipinski definition) is 1. The number of carbonyl (C=O) groups excluding carboxylic acids is 2. The van der Waals surface area contributed by atoms with Gasteiger partial charge in [-0.05, 0) is 43.9 Å². The van der Waals surface area contributed by atoms with Crippen molar-refractivity contribution in [3.63, 3.8) is 0 Å². The van der Waals surface area contributed by atoms with Gasteiger partial charge in [-0.2, -0.15) is 0 Å². The third kappa shape index (κ3) is 2.68. The molecule has 6 heteroatoms. The molecule has 128 valence electrons. The average molecular weight is 343 g/mol. The van der Waals surface area contributed by atoms with Crippen molar-refractivity contribution in [2.45, 2.75) is 49.5 Å². The molecule has 4 aliphatic rings. The van der Waals surface area contributed by atoms with Gasteiger partial charge in [0.15, 0.2) is 0 Å². The summed E-state index contributed by atoms with van der Waals surface area (Å²) in [6.07, 6.45) is 4.32. The quantitative estimate of drug-likeness (QED) is 0.359. The fourth-order valence-corrected chi connectivity index (χ4v) is 5.88. The number of hydrogen-bond acceptors (Lipinski definition) is 5. The first kappa shape index (κ1) is 16.8. The van der Waals surface area contributed by atoms with Crippen LogP contribution in [0.25, 0.3) is 0 Å². The van der Waals surface area contributed by atoms with Crippen LogP contribution >= 0.6 is 11.6 Å². The summed E-state index contributed by atoms with van der Waals surface area (Å²) < 4.78 is 10.2. The summed E-state index contributed by atoms with van der Waals surface area (Å²) >= 11 is 6.78. The summed E-state index contributed by atoms with van der Waals surface area (Å²) in [4.78, 5) is 23.2. The molecule has 0 aliphatic heterocycles. The molecule has 5 unspecified atom stereocenters. The molecule has 0 saturated heterocycles. The minimum atomic E-state index is -0.857. The first-order valence-corrected chi connectivity index (χ1v) is 8.49. The molecule has 0 spiro atoms. The van der Waals surface area contributed by atoms with Gasteiger partial charge in [-0.1, -0.05) is 13.5 Å². The van der Waals surface area contributed by atoms with Crippen LogP contribution in [0.2, 0.25) is 0 Å². The lowest BCUT2D eigenvalue weighted by Gasteiger charge is -2.65. The van der Waals surface area contributed by atoms with Crippen molar-refractivity contribution >= 4 is 23.5 Å². The molecule has 23 heavy (non-hydrogen) atoms. The van der Waals surface area contributed by atoms with E-state index in [4.69, 9.17) is 21.1 Å². The summed E-state index contributed by atoms with van der Waals surface area (Å²) in [5.74, 6) is -0.649. The maximum absolute atomic E-state index is 12.8. The molecule has 0 aromatic rings. The van der Waals surface area contributed by atoms with Crippen LogP contribution in [0.4, 0.5) is 0 Å². The van der Waals surface area contributed by atoms with E-state index in [1.165, 1.54) is 0 Å². The highest BCUT2D eigenvalue weighted by molar-refractivity contribution is 6.24. The van der Waals surface area contributed by atoms with Crippen molar-refractivity contribution in [3.05, 3.63) is 12.7 Å². The van der Waals surface area contributed by atoms with E-state index in [0.717, 1.165) is 25.3 Å². The Kier molecular flexibility index (Phi) is 4.00. The average Bonchev–Trinajstić information content (AvgIpc) is 2.46. The van der Waals surface area contributed by atoms with E-state index in [1.54, 1.807) is 0 Å². The first-order valence-electron chi connectivity index (χ1n) is 8.11. The second-order valence-electron chi connectivity index (χ2n) is 7.48. The lowest BCUT2D eigenvalue weighted by Crippen LogP contribution is -2.68. The summed E-state index contributed by atoms with van der Waals surface area (Å²) in [5, 5.41) is 10.8. The standard InChI is InChI=1S/C17H23ClO5/c1-3-13(19)22-4-5-23-14(20)16-7-12-6-15(21,9-16)10-17(18,8-12)11(16)2/h3,11-12,21H,1,4-10H2,2H3. The molecule has 5 atom stereocenters. The van der Waals surface area contributed by atoms with Crippen LogP contribution in [0.5, 0.6) is 0 Å². The third-order valence-electron chi connectivity index (χ3n) is 5.96. The second-order valence-corrected chi connectivity index (χ2v) is 8.23. The molecular weight excluding hydrogens is 320 g/mol. The van der Waals surface area contributed by atoms with Crippen LogP contribution in [0.3, 0.4) is 0 Å². The molecule has 0 amide bonds. The predicted octanol–water partition coefficient (Wildman–Crippen LogP) is 2.20. The topological polar surface area (TPSA) is 72.8 Å².